The van der Waals surface area contributed by atoms with Crippen molar-refractivity contribution < 1.29 is 14.6 Å². The zero-order valence-corrected chi connectivity index (χ0v) is 9.40. The van der Waals surface area contributed by atoms with Crippen molar-refractivity contribution in [2.45, 2.75) is 39.3 Å². The molecule has 1 aromatic rings. The minimum atomic E-state index is -0.891. The van der Waals surface area contributed by atoms with Crippen LogP contribution in [0.1, 0.15) is 41.5 Å². The molecule has 2 rings (SSSR count). The number of aryl methyl sites for hydroxylation is 1. The van der Waals surface area contributed by atoms with Crippen LogP contribution in [0.5, 0.6) is 0 Å². The van der Waals surface area contributed by atoms with Gasteiger partial charge in [0.05, 0.1) is 12.3 Å². The van der Waals surface area contributed by atoms with Crippen molar-refractivity contribution >= 4 is 5.97 Å². The molecule has 0 bridgehead atoms. The molecule has 88 valence electrons. The molecule has 16 heavy (non-hydrogen) atoms. The van der Waals surface area contributed by atoms with Crippen LogP contribution in [-0.4, -0.2) is 27.5 Å². The summed E-state index contributed by atoms with van der Waals surface area (Å²) >= 11 is 0. The monoisotopic (exact) mass is 224 g/mol. The lowest BCUT2D eigenvalue weighted by molar-refractivity contribution is 0.0687. The largest absolute Gasteiger partial charge is 0.478 e. The van der Waals surface area contributed by atoms with Gasteiger partial charge in [-0.25, -0.2) is 4.79 Å². The second-order valence-corrected chi connectivity index (χ2v) is 3.89. The van der Waals surface area contributed by atoms with Crippen molar-refractivity contribution in [2.75, 3.05) is 6.61 Å². The van der Waals surface area contributed by atoms with Gasteiger partial charge >= 0.3 is 5.97 Å². The van der Waals surface area contributed by atoms with E-state index in [9.17, 15) is 9.90 Å². The Morgan fingerprint density at radius 1 is 1.56 bits per heavy atom. The second-order valence-electron chi connectivity index (χ2n) is 3.89. The number of hydrogen-bond acceptors (Lipinski definition) is 3. The van der Waals surface area contributed by atoms with Gasteiger partial charge in [0.25, 0.3) is 0 Å². The van der Waals surface area contributed by atoms with E-state index in [1.54, 1.807) is 0 Å². The van der Waals surface area contributed by atoms with E-state index in [1.165, 1.54) is 0 Å². The number of aromatic carboxylic acids is 1. The first-order valence-electron chi connectivity index (χ1n) is 5.63. The Hall–Kier alpha value is -1.36. The fourth-order valence-electron chi connectivity index (χ4n) is 2.09. The number of fused-ring (bicyclic) bond motifs is 1. The van der Waals surface area contributed by atoms with Gasteiger partial charge < -0.3 is 9.84 Å². The molecule has 0 atom stereocenters. The van der Waals surface area contributed by atoms with Crippen molar-refractivity contribution in [1.29, 1.82) is 0 Å². The summed E-state index contributed by atoms with van der Waals surface area (Å²) in [4.78, 5) is 11.2. The summed E-state index contributed by atoms with van der Waals surface area (Å²) in [7, 11) is 0. The molecule has 0 spiro atoms. The van der Waals surface area contributed by atoms with E-state index in [4.69, 9.17) is 4.74 Å². The third kappa shape index (κ3) is 1.95. The maximum atomic E-state index is 11.2. The van der Waals surface area contributed by atoms with Crippen molar-refractivity contribution in [1.82, 2.24) is 9.78 Å². The summed E-state index contributed by atoms with van der Waals surface area (Å²) in [6, 6.07) is 0. The van der Waals surface area contributed by atoms with Crippen molar-refractivity contribution in [2.24, 2.45) is 0 Å². The Kier molecular flexibility index (Phi) is 3.24. The lowest BCUT2D eigenvalue weighted by atomic mass is 10.1. The number of aromatic nitrogens is 2. The number of rotatable bonds is 4. The molecule has 1 N–H and O–H groups in total. The molecule has 0 aliphatic carbocycles. The average Bonchev–Trinajstić information content (AvgIpc) is 2.64. The molecule has 1 aliphatic rings. The van der Waals surface area contributed by atoms with Gasteiger partial charge in [0.2, 0.25) is 0 Å². The SMILES string of the molecule is CCOCc1nn2c(c1C(=O)O)CCCC2. The standard InChI is InChI=1S/C11H16N2O3/c1-2-16-7-8-10(11(14)15)9-5-3-4-6-13(9)12-8/h2-7H2,1H3,(H,14,15). The number of carboxylic acid groups (broad SMARTS) is 1. The smallest absolute Gasteiger partial charge is 0.339 e. The highest BCUT2D eigenvalue weighted by atomic mass is 16.5. The van der Waals surface area contributed by atoms with Gasteiger partial charge in [-0.15, -0.1) is 0 Å². The minimum Gasteiger partial charge on any atom is -0.478 e. The maximum Gasteiger partial charge on any atom is 0.339 e. The van der Waals surface area contributed by atoms with E-state index in [0.717, 1.165) is 31.5 Å². The molecule has 0 saturated heterocycles. The normalized spacial score (nSPS) is 14.8. The van der Waals surface area contributed by atoms with E-state index < -0.39 is 5.97 Å². The molecule has 0 aromatic carbocycles. The maximum absolute atomic E-state index is 11.2. The van der Waals surface area contributed by atoms with Crippen LogP contribution in [0, 0.1) is 0 Å². The molecule has 1 aromatic heterocycles. The molecule has 1 aliphatic heterocycles. The summed E-state index contributed by atoms with van der Waals surface area (Å²) in [6.45, 7) is 3.57. The molecule has 2 heterocycles. The van der Waals surface area contributed by atoms with E-state index >= 15 is 0 Å². The number of hydrogen-bond donors (Lipinski definition) is 1. The average molecular weight is 224 g/mol. The number of carbonyl (C=O) groups is 1. The summed E-state index contributed by atoms with van der Waals surface area (Å²) in [5.41, 5.74) is 1.77. The van der Waals surface area contributed by atoms with Crippen LogP contribution in [0.25, 0.3) is 0 Å². The van der Waals surface area contributed by atoms with Crippen LogP contribution >= 0.6 is 0 Å². The summed E-state index contributed by atoms with van der Waals surface area (Å²) < 4.78 is 7.07. The van der Waals surface area contributed by atoms with Gasteiger partial charge in [-0.2, -0.15) is 5.10 Å². The van der Waals surface area contributed by atoms with E-state index in [0.29, 0.717) is 17.9 Å². The first-order chi connectivity index (χ1) is 7.74. The quantitative estimate of drug-likeness (QED) is 0.840. The van der Waals surface area contributed by atoms with Gasteiger partial charge in [-0.05, 0) is 26.2 Å². The first-order valence-corrected chi connectivity index (χ1v) is 5.63. The van der Waals surface area contributed by atoms with Crippen LogP contribution in [0.2, 0.25) is 0 Å². The molecular weight excluding hydrogens is 208 g/mol. The molecule has 5 heteroatoms. The van der Waals surface area contributed by atoms with E-state index in [2.05, 4.69) is 5.10 Å². The van der Waals surface area contributed by atoms with E-state index in [1.807, 2.05) is 11.6 Å². The third-order valence-corrected chi connectivity index (χ3v) is 2.82. The molecule has 0 saturated carbocycles. The highest BCUT2D eigenvalue weighted by molar-refractivity contribution is 5.90. The van der Waals surface area contributed by atoms with Gasteiger partial charge in [0.15, 0.2) is 0 Å². The molecule has 0 radical (unpaired) electrons. The van der Waals surface area contributed by atoms with Crippen LogP contribution < -0.4 is 0 Å². The van der Waals surface area contributed by atoms with Crippen molar-refractivity contribution in [3.8, 4) is 0 Å². The highest BCUT2D eigenvalue weighted by Crippen LogP contribution is 2.22. The lowest BCUT2D eigenvalue weighted by Crippen LogP contribution is -2.13. The van der Waals surface area contributed by atoms with Gasteiger partial charge in [0.1, 0.15) is 11.3 Å². The number of carboxylic acids is 1. The Bertz CT molecular complexity index is 398. The van der Waals surface area contributed by atoms with Gasteiger partial charge in [-0.3, -0.25) is 4.68 Å². The predicted molar refractivity (Wildman–Crippen MR) is 57.5 cm³/mol. The summed E-state index contributed by atoms with van der Waals surface area (Å²) in [5.74, 6) is -0.891. The summed E-state index contributed by atoms with van der Waals surface area (Å²) in [6.07, 6.45) is 2.92. The molecular formula is C11H16N2O3. The van der Waals surface area contributed by atoms with Crippen LogP contribution in [0.4, 0.5) is 0 Å². The zero-order valence-electron chi connectivity index (χ0n) is 9.40. The highest BCUT2D eigenvalue weighted by Gasteiger charge is 2.24. The summed E-state index contributed by atoms with van der Waals surface area (Å²) in [5, 5.41) is 13.5. The Morgan fingerprint density at radius 3 is 3.06 bits per heavy atom. The Morgan fingerprint density at radius 2 is 2.38 bits per heavy atom. The molecule has 0 amide bonds. The van der Waals surface area contributed by atoms with Crippen LogP contribution in [0.3, 0.4) is 0 Å². The van der Waals surface area contributed by atoms with Gasteiger partial charge in [-0.1, -0.05) is 0 Å². The number of ether oxygens (including phenoxy) is 1. The van der Waals surface area contributed by atoms with Crippen molar-refractivity contribution in [3.05, 3.63) is 17.0 Å². The Labute approximate surface area is 94.0 Å². The third-order valence-electron chi connectivity index (χ3n) is 2.82. The zero-order chi connectivity index (χ0) is 11.5. The van der Waals surface area contributed by atoms with E-state index in [-0.39, 0.29) is 6.61 Å². The molecule has 5 nitrogen and oxygen atoms in total. The second kappa shape index (κ2) is 4.65. The minimum absolute atomic E-state index is 0.290. The first kappa shape index (κ1) is 11.1. The molecule has 0 fully saturated rings. The van der Waals surface area contributed by atoms with Crippen molar-refractivity contribution in [3.63, 3.8) is 0 Å². The lowest BCUT2D eigenvalue weighted by Gasteiger charge is -2.13. The Balaban J connectivity index is 2.35. The van der Waals surface area contributed by atoms with Gasteiger partial charge in [0, 0.05) is 13.2 Å². The predicted octanol–water partition coefficient (Wildman–Crippen LogP) is 1.45. The topological polar surface area (TPSA) is 64.4 Å². The number of nitrogens with zero attached hydrogens (tertiary/aromatic N) is 2. The fourth-order valence-corrected chi connectivity index (χ4v) is 2.09. The fraction of sp³-hybridized carbons (Fsp3) is 0.636. The molecule has 0 unspecified atom stereocenters. The van der Waals surface area contributed by atoms with Crippen LogP contribution in [0.15, 0.2) is 0 Å². The van der Waals surface area contributed by atoms with Crippen LogP contribution in [-0.2, 0) is 24.3 Å².